The zero-order valence-corrected chi connectivity index (χ0v) is 9.81. The maximum atomic E-state index is 11.7. The van der Waals surface area contributed by atoms with Crippen LogP contribution in [0, 0.1) is 11.3 Å². The Bertz CT molecular complexity index is 388. The normalized spacial score (nSPS) is 19.7. The van der Waals surface area contributed by atoms with Crippen LogP contribution in [-0.4, -0.2) is 35.0 Å². The van der Waals surface area contributed by atoms with E-state index in [1.807, 2.05) is 6.07 Å². The van der Waals surface area contributed by atoms with Crippen LogP contribution < -0.4 is 10.6 Å². The molecule has 0 saturated carbocycles. The molecule has 3 N–H and O–H groups in total. The molecule has 0 aromatic carbocycles. The van der Waals surface area contributed by atoms with E-state index in [0.717, 1.165) is 0 Å². The predicted molar refractivity (Wildman–Crippen MR) is 60.2 cm³/mol. The summed E-state index contributed by atoms with van der Waals surface area (Å²) in [6, 6.07) is 0.260. The van der Waals surface area contributed by atoms with Crippen molar-refractivity contribution in [1.82, 2.24) is 10.6 Å². The summed E-state index contributed by atoms with van der Waals surface area (Å²) in [5, 5.41) is 22.1. The Labute approximate surface area is 104 Å². The van der Waals surface area contributed by atoms with Gasteiger partial charge >= 0.3 is 5.97 Å². The first kappa shape index (κ1) is 14.0. The fraction of sp³-hybridized carbons (Fsp3) is 0.636. The van der Waals surface area contributed by atoms with Crippen molar-refractivity contribution in [1.29, 1.82) is 5.26 Å². The largest absolute Gasteiger partial charge is 0.480 e. The van der Waals surface area contributed by atoms with E-state index >= 15 is 0 Å². The first-order valence-corrected chi connectivity index (χ1v) is 5.74. The molecule has 0 unspecified atom stereocenters. The van der Waals surface area contributed by atoms with Gasteiger partial charge in [0, 0.05) is 12.8 Å². The quantitative estimate of drug-likeness (QED) is 0.553. The lowest BCUT2D eigenvalue weighted by atomic mass is 10.1. The lowest BCUT2D eigenvalue weighted by Crippen LogP contribution is -2.48. The van der Waals surface area contributed by atoms with Crippen molar-refractivity contribution in [2.75, 3.05) is 0 Å². The summed E-state index contributed by atoms with van der Waals surface area (Å²) in [6.45, 7) is 0. The number of carboxylic acid groups (broad SMARTS) is 1. The SMILES string of the molecule is N#CCCC[C@H](NC(=O)[C@H]1CCC(=O)N1)C(=O)O. The minimum absolute atomic E-state index is 0.202. The summed E-state index contributed by atoms with van der Waals surface area (Å²) in [7, 11) is 0. The van der Waals surface area contributed by atoms with Gasteiger partial charge in [-0.1, -0.05) is 0 Å². The highest BCUT2D eigenvalue weighted by Crippen LogP contribution is 2.08. The Morgan fingerprint density at radius 3 is 2.83 bits per heavy atom. The highest BCUT2D eigenvalue weighted by Gasteiger charge is 2.30. The number of rotatable bonds is 6. The van der Waals surface area contributed by atoms with Crippen LogP contribution in [0.1, 0.15) is 32.1 Å². The molecule has 18 heavy (non-hydrogen) atoms. The monoisotopic (exact) mass is 253 g/mol. The number of nitrogens with zero attached hydrogens (tertiary/aromatic N) is 1. The average Bonchev–Trinajstić information content (AvgIpc) is 2.74. The van der Waals surface area contributed by atoms with Crippen molar-refractivity contribution in [2.24, 2.45) is 0 Å². The van der Waals surface area contributed by atoms with Crippen LogP contribution in [0.3, 0.4) is 0 Å². The number of carboxylic acids is 1. The van der Waals surface area contributed by atoms with Crippen molar-refractivity contribution in [3.8, 4) is 6.07 Å². The predicted octanol–water partition coefficient (Wildman–Crippen LogP) is -0.472. The summed E-state index contributed by atoms with van der Waals surface area (Å²) in [5.41, 5.74) is 0. The number of unbranched alkanes of at least 4 members (excludes halogenated alkanes) is 1. The number of hydrogen-bond acceptors (Lipinski definition) is 4. The molecule has 98 valence electrons. The summed E-state index contributed by atoms with van der Waals surface area (Å²) in [6.07, 6.45) is 1.53. The Morgan fingerprint density at radius 1 is 1.61 bits per heavy atom. The van der Waals surface area contributed by atoms with Crippen LogP contribution in [0.2, 0.25) is 0 Å². The van der Waals surface area contributed by atoms with Crippen molar-refractivity contribution < 1.29 is 19.5 Å². The lowest BCUT2D eigenvalue weighted by molar-refractivity contribution is -0.142. The van der Waals surface area contributed by atoms with Crippen molar-refractivity contribution >= 4 is 17.8 Å². The third-order valence-electron chi connectivity index (χ3n) is 2.71. The molecule has 0 aromatic rings. The van der Waals surface area contributed by atoms with E-state index in [1.54, 1.807) is 0 Å². The fourth-order valence-electron chi connectivity index (χ4n) is 1.73. The third kappa shape index (κ3) is 4.05. The van der Waals surface area contributed by atoms with Crippen molar-refractivity contribution in [3.05, 3.63) is 0 Å². The minimum Gasteiger partial charge on any atom is -0.480 e. The number of nitrogens with one attached hydrogen (secondary N) is 2. The molecular weight excluding hydrogens is 238 g/mol. The zero-order chi connectivity index (χ0) is 13.5. The van der Waals surface area contributed by atoms with Gasteiger partial charge in [0.2, 0.25) is 11.8 Å². The fourth-order valence-corrected chi connectivity index (χ4v) is 1.73. The van der Waals surface area contributed by atoms with Gasteiger partial charge in [-0.25, -0.2) is 4.79 Å². The second-order valence-electron chi connectivity index (χ2n) is 4.11. The van der Waals surface area contributed by atoms with E-state index in [0.29, 0.717) is 12.8 Å². The van der Waals surface area contributed by atoms with Gasteiger partial charge in [-0.2, -0.15) is 5.26 Å². The van der Waals surface area contributed by atoms with E-state index in [2.05, 4.69) is 10.6 Å². The van der Waals surface area contributed by atoms with Gasteiger partial charge in [0.25, 0.3) is 0 Å². The Hall–Kier alpha value is -2.10. The van der Waals surface area contributed by atoms with Gasteiger partial charge in [-0.3, -0.25) is 9.59 Å². The first-order chi connectivity index (χ1) is 8.54. The smallest absolute Gasteiger partial charge is 0.326 e. The van der Waals surface area contributed by atoms with Gasteiger partial charge in [0.05, 0.1) is 6.07 Å². The summed E-state index contributed by atoms with van der Waals surface area (Å²) in [4.78, 5) is 33.6. The second kappa shape index (κ2) is 6.59. The van der Waals surface area contributed by atoms with E-state index in [1.165, 1.54) is 0 Å². The molecule has 1 rings (SSSR count). The summed E-state index contributed by atoms with van der Waals surface area (Å²) < 4.78 is 0. The molecule has 1 fully saturated rings. The molecule has 2 atom stereocenters. The molecule has 0 bridgehead atoms. The third-order valence-corrected chi connectivity index (χ3v) is 2.71. The summed E-state index contributed by atoms with van der Waals surface area (Å²) >= 11 is 0. The Balaban J connectivity index is 2.45. The number of nitriles is 1. The maximum Gasteiger partial charge on any atom is 0.326 e. The molecule has 7 nitrogen and oxygen atoms in total. The minimum atomic E-state index is -1.13. The van der Waals surface area contributed by atoms with Gasteiger partial charge in [-0.05, 0) is 19.3 Å². The van der Waals surface area contributed by atoms with E-state index < -0.39 is 24.0 Å². The van der Waals surface area contributed by atoms with Gasteiger partial charge < -0.3 is 15.7 Å². The highest BCUT2D eigenvalue weighted by atomic mass is 16.4. The number of amides is 2. The van der Waals surface area contributed by atoms with Gasteiger partial charge in [0.1, 0.15) is 12.1 Å². The van der Waals surface area contributed by atoms with Crippen LogP contribution in [0.15, 0.2) is 0 Å². The number of aliphatic carboxylic acids is 1. The molecule has 0 spiro atoms. The van der Waals surface area contributed by atoms with Crippen molar-refractivity contribution in [2.45, 2.75) is 44.2 Å². The molecule has 2 amide bonds. The van der Waals surface area contributed by atoms with Crippen LogP contribution in [0.5, 0.6) is 0 Å². The van der Waals surface area contributed by atoms with Crippen LogP contribution in [0.25, 0.3) is 0 Å². The maximum absolute atomic E-state index is 11.7. The molecule has 0 aliphatic carbocycles. The van der Waals surface area contributed by atoms with Crippen molar-refractivity contribution in [3.63, 3.8) is 0 Å². The molecular formula is C11H15N3O4. The van der Waals surface area contributed by atoms with E-state index in [-0.39, 0.29) is 25.2 Å². The summed E-state index contributed by atoms with van der Waals surface area (Å²) in [5.74, 6) is -1.82. The van der Waals surface area contributed by atoms with Gasteiger partial charge in [0.15, 0.2) is 0 Å². The lowest BCUT2D eigenvalue weighted by Gasteiger charge is -2.16. The Kier molecular flexibility index (Phi) is 5.11. The second-order valence-corrected chi connectivity index (χ2v) is 4.11. The number of carbonyl (C=O) groups is 3. The van der Waals surface area contributed by atoms with Crippen LogP contribution >= 0.6 is 0 Å². The first-order valence-electron chi connectivity index (χ1n) is 5.74. The molecule has 1 saturated heterocycles. The van der Waals surface area contributed by atoms with E-state index in [9.17, 15) is 14.4 Å². The molecule has 0 radical (unpaired) electrons. The van der Waals surface area contributed by atoms with Crippen LogP contribution in [0.4, 0.5) is 0 Å². The molecule has 7 heteroatoms. The van der Waals surface area contributed by atoms with Crippen LogP contribution in [-0.2, 0) is 14.4 Å². The zero-order valence-electron chi connectivity index (χ0n) is 9.81. The number of carbonyl (C=O) groups excluding carboxylic acids is 2. The molecule has 1 heterocycles. The molecule has 1 aliphatic heterocycles. The van der Waals surface area contributed by atoms with E-state index in [4.69, 9.17) is 10.4 Å². The van der Waals surface area contributed by atoms with Gasteiger partial charge in [-0.15, -0.1) is 0 Å². The molecule has 1 aliphatic rings. The standard InChI is InChI=1S/C11H15N3O4/c12-6-2-1-3-8(11(17)18)14-10(16)7-4-5-9(15)13-7/h7-8H,1-5H2,(H,13,15)(H,14,16)(H,17,18)/t7-,8+/m1/s1. The topological polar surface area (TPSA) is 119 Å². The molecule has 0 aromatic heterocycles. The average molecular weight is 253 g/mol. The highest BCUT2D eigenvalue weighted by molar-refractivity contribution is 5.92. The Morgan fingerprint density at radius 2 is 2.33 bits per heavy atom. The number of hydrogen-bond donors (Lipinski definition) is 3.